The van der Waals surface area contributed by atoms with E-state index in [1.807, 2.05) is 6.07 Å². The van der Waals surface area contributed by atoms with E-state index in [0.29, 0.717) is 5.69 Å². The first-order valence-corrected chi connectivity index (χ1v) is 5.57. The minimum Gasteiger partial charge on any atom is -0.390 e. The number of urea groups is 1. The number of cyclic esters (lactones) is 2. The molecule has 1 heterocycles. The Morgan fingerprint density at radius 2 is 2.00 bits per heavy atom. The van der Waals surface area contributed by atoms with E-state index in [9.17, 15) is 14.4 Å². The van der Waals surface area contributed by atoms with Gasteiger partial charge in [-0.2, -0.15) is 0 Å². The quantitative estimate of drug-likeness (QED) is 0.452. The van der Waals surface area contributed by atoms with Crippen LogP contribution in [0.25, 0.3) is 0 Å². The summed E-state index contributed by atoms with van der Waals surface area (Å²) in [5.41, 5.74) is 4.13. The molecule has 0 aliphatic carbocycles. The first kappa shape index (κ1) is 12.9. The van der Waals surface area contributed by atoms with Crippen LogP contribution in [0, 0.1) is 0 Å². The highest BCUT2D eigenvalue weighted by atomic mass is 16.6. The van der Waals surface area contributed by atoms with E-state index in [2.05, 4.69) is 10.1 Å². The first-order chi connectivity index (χ1) is 8.95. The summed E-state index contributed by atoms with van der Waals surface area (Å²) in [5, 5.41) is 2.30. The van der Waals surface area contributed by atoms with Gasteiger partial charge in [0.2, 0.25) is 5.66 Å². The van der Waals surface area contributed by atoms with Crippen LogP contribution in [0.15, 0.2) is 30.3 Å². The summed E-state index contributed by atoms with van der Waals surface area (Å²) in [7, 11) is 1.57. The number of esters is 2. The zero-order chi connectivity index (χ0) is 14.0. The van der Waals surface area contributed by atoms with Crippen molar-refractivity contribution in [2.45, 2.75) is 12.1 Å². The van der Waals surface area contributed by atoms with Crippen LogP contribution in [0.2, 0.25) is 0 Å². The molecule has 19 heavy (non-hydrogen) atoms. The Labute approximate surface area is 109 Å². The molecule has 7 heteroatoms. The molecule has 1 fully saturated rings. The van der Waals surface area contributed by atoms with E-state index < -0.39 is 23.6 Å². The molecule has 0 saturated carbocycles. The minimum atomic E-state index is -1.59. The molecule has 1 saturated heterocycles. The number of nitrogens with one attached hydrogen (secondary N) is 1. The SMILES string of the molecule is CN(c1ccccc1)[C@@]1(NC(N)=O)CC(=O)OC1=O. The summed E-state index contributed by atoms with van der Waals surface area (Å²) in [6, 6.07) is 7.91. The topological polar surface area (TPSA) is 102 Å². The van der Waals surface area contributed by atoms with E-state index >= 15 is 0 Å². The lowest BCUT2D eigenvalue weighted by molar-refractivity contribution is -0.153. The molecule has 1 atom stereocenters. The fourth-order valence-corrected chi connectivity index (χ4v) is 2.02. The van der Waals surface area contributed by atoms with Gasteiger partial charge in [0.25, 0.3) is 0 Å². The van der Waals surface area contributed by atoms with Crippen molar-refractivity contribution in [2.75, 3.05) is 11.9 Å². The second-order valence-corrected chi connectivity index (χ2v) is 4.18. The second kappa shape index (κ2) is 4.60. The van der Waals surface area contributed by atoms with Crippen LogP contribution >= 0.6 is 0 Å². The maximum Gasteiger partial charge on any atom is 0.361 e. The Balaban J connectivity index is 2.41. The van der Waals surface area contributed by atoms with Crippen LogP contribution in [-0.2, 0) is 14.3 Å². The molecule has 0 radical (unpaired) electrons. The molecule has 1 aliphatic heterocycles. The maximum atomic E-state index is 11.9. The summed E-state index contributed by atoms with van der Waals surface area (Å²) < 4.78 is 4.53. The predicted molar refractivity (Wildman–Crippen MR) is 66.0 cm³/mol. The molecule has 7 nitrogen and oxygen atoms in total. The van der Waals surface area contributed by atoms with Crippen molar-refractivity contribution < 1.29 is 19.1 Å². The van der Waals surface area contributed by atoms with Crippen molar-refractivity contribution in [3.63, 3.8) is 0 Å². The molecule has 1 aliphatic rings. The summed E-state index contributed by atoms with van der Waals surface area (Å²) in [5.74, 6) is -1.55. The van der Waals surface area contributed by atoms with E-state index in [4.69, 9.17) is 5.73 Å². The second-order valence-electron chi connectivity index (χ2n) is 4.18. The fraction of sp³-hybridized carbons (Fsp3) is 0.250. The molecular weight excluding hydrogens is 250 g/mol. The molecule has 0 unspecified atom stereocenters. The third-order valence-corrected chi connectivity index (χ3v) is 2.99. The number of para-hydroxylation sites is 1. The average Bonchev–Trinajstić information content (AvgIpc) is 2.64. The van der Waals surface area contributed by atoms with Crippen molar-refractivity contribution in [3.05, 3.63) is 30.3 Å². The molecule has 2 rings (SSSR count). The van der Waals surface area contributed by atoms with Gasteiger partial charge in [0, 0.05) is 12.7 Å². The first-order valence-electron chi connectivity index (χ1n) is 5.57. The molecule has 3 N–H and O–H groups in total. The Kier molecular flexibility index (Phi) is 3.12. The Hall–Kier alpha value is -2.57. The van der Waals surface area contributed by atoms with Gasteiger partial charge in [-0.15, -0.1) is 0 Å². The zero-order valence-corrected chi connectivity index (χ0v) is 10.3. The Morgan fingerprint density at radius 1 is 1.37 bits per heavy atom. The highest BCUT2D eigenvalue weighted by molar-refractivity contribution is 6.04. The number of nitrogens with two attached hydrogens (primary N) is 1. The summed E-state index contributed by atoms with van der Waals surface area (Å²) in [6.07, 6.45) is -0.292. The van der Waals surface area contributed by atoms with E-state index in [1.54, 1.807) is 31.3 Å². The maximum absolute atomic E-state index is 11.9. The number of ether oxygens (including phenoxy) is 1. The Bertz CT molecular complexity index is 531. The normalized spacial score (nSPS) is 21.9. The average molecular weight is 263 g/mol. The van der Waals surface area contributed by atoms with Crippen LogP contribution in [0.5, 0.6) is 0 Å². The number of nitrogens with zero attached hydrogens (tertiary/aromatic N) is 1. The number of hydrogen-bond donors (Lipinski definition) is 2. The smallest absolute Gasteiger partial charge is 0.361 e. The summed E-state index contributed by atoms with van der Waals surface area (Å²) in [4.78, 5) is 35.8. The number of amides is 2. The van der Waals surface area contributed by atoms with Crippen LogP contribution < -0.4 is 16.0 Å². The number of primary amides is 1. The third kappa shape index (κ3) is 2.22. The van der Waals surface area contributed by atoms with Gasteiger partial charge >= 0.3 is 18.0 Å². The number of benzene rings is 1. The van der Waals surface area contributed by atoms with Crippen LogP contribution in [0.1, 0.15) is 6.42 Å². The van der Waals surface area contributed by atoms with Gasteiger partial charge in [-0.05, 0) is 12.1 Å². The van der Waals surface area contributed by atoms with Crippen LogP contribution in [-0.4, -0.2) is 30.7 Å². The van der Waals surface area contributed by atoms with Crippen molar-refractivity contribution >= 4 is 23.7 Å². The lowest BCUT2D eigenvalue weighted by atomic mass is 10.1. The van der Waals surface area contributed by atoms with Crippen molar-refractivity contribution in [2.24, 2.45) is 5.73 Å². The van der Waals surface area contributed by atoms with Crippen molar-refractivity contribution in [1.29, 1.82) is 0 Å². The van der Waals surface area contributed by atoms with Crippen LogP contribution in [0.3, 0.4) is 0 Å². The van der Waals surface area contributed by atoms with Gasteiger partial charge in [0.1, 0.15) is 0 Å². The molecule has 1 aromatic carbocycles. The molecule has 1 aromatic rings. The lowest BCUT2D eigenvalue weighted by Crippen LogP contribution is -2.64. The van der Waals surface area contributed by atoms with Gasteiger partial charge in [-0.1, -0.05) is 18.2 Å². The summed E-state index contributed by atoms with van der Waals surface area (Å²) in [6.45, 7) is 0. The molecular formula is C12H13N3O4. The monoisotopic (exact) mass is 263 g/mol. The number of anilines is 1. The highest BCUT2D eigenvalue weighted by Gasteiger charge is 2.53. The van der Waals surface area contributed by atoms with Crippen LogP contribution in [0.4, 0.5) is 10.5 Å². The van der Waals surface area contributed by atoms with Gasteiger partial charge in [0.05, 0.1) is 6.42 Å². The number of carbonyl (C=O) groups is 3. The summed E-state index contributed by atoms with van der Waals surface area (Å²) >= 11 is 0. The molecule has 0 aromatic heterocycles. The molecule has 0 spiro atoms. The largest absolute Gasteiger partial charge is 0.390 e. The van der Waals surface area contributed by atoms with Gasteiger partial charge in [-0.25, -0.2) is 9.59 Å². The van der Waals surface area contributed by atoms with Crippen molar-refractivity contribution in [1.82, 2.24) is 5.32 Å². The number of likely N-dealkylation sites (N-methyl/N-ethyl adjacent to an activating group) is 1. The Morgan fingerprint density at radius 3 is 2.47 bits per heavy atom. The van der Waals surface area contributed by atoms with Gasteiger partial charge in [-0.3, -0.25) is 4.79 Å². The van der Waals surface area contributed by atoms with E-state index in [1.165, 1.54) is 4.90 Å². The predicted octanol–water partition coefficient (Wildman–Crippen LogP) is -0.0391. The number of carbonyl (C=O) groups excluding carboxylic acids is 3. The molecule has 100 valence electrons. The van der Waals surface area contributed by atoms with Crippen molar-refractivity contribution in [3.8, 4) is 0 Å². The lowest BCUT2D eigenvalue weighted by Gasteiger charge is -2.35. The van der Waals surface area contributed by atoms with E-state index in [-0.39, 0.29) is 6.42 Å². The minimum absolute atomic E-state index is 0.292. The standard InChI is InChI=1S/C12H13N3O4/c1-15(8-5-3-2-4-6-8)12(14-11(13)18)7-9(16)19-10(12)17/h2-6H,7H2,1H3,(H3,13,14,18)/t12-/m0/s1. The van der Waals surface area contributed by atoms with Gasteiger partial charge in [0.15, 0.2) is 0 Å². The number of hydrogen-bond acceptors (Lipinski definition) is 5. The highest BCUT2D eigenvalue weighted by Crippen LogP contribution is 2.29. The molecule has 0 bridgehead atoms. The third-order valence-electron chi connectivity index (χ3n) is 2.99. The fourth-order valence-electron chi connectivity index (χ4n) is 2.02. The molecule has 2 amide bonds. The van der Waals surface area contributed by atoms with E-state index in [0.717, 1.165) is 0 Å². The van der Waals surface area contributed by atoms with Gasteiger partial charge < -0.3 is 20.7 Å². The zero-order valence-electron chi connectivity index (χ0n) is 10.3. The number of rotatable bonds is 3.